The van der Waals surface area contributed by atoms with Crippen LogP contribution in [0.1, 0.15) is 30.1 Å². The molecule has 0 amide bonds. The third-order valence-electron chi connectivity index (χ3n) is 4.13. The zero-order valence-corrected chi connectivity index (χ0v) is 14.5. The predicted octanol–water partition coefficient (Wildman–Crippen LogP) is 3.48. The highest BCUT2D eigenvalue weighted by Gasteiger charge is 2.33. The van der Waals surface area contributed by atoms with E-state index in [-0.39, 0.29) is 18.3 Å². The molecule has 0 aromatic heterocycles. The van der Waals surface area contributed by atoms with E-state index in [1.807, 2.05) is 0 Å². The first-order chi connectivity index (χ1) is 11.1. The van der Waals surface area contributed by atoms with Crippen molar-refractivity contribution in [3.8, 4) is 6.07 Å². The van der Waals surface area contributed by atoms with Crippen molar-refractivity contribution < 1.29 is 23.0 Å². The lowest BCUT2D eigenvalue weighted by molar-refractivity contribution is -0.221. The first kappa shape index (κ1) is 17.0. The van der Waals surface area contributed by atoms with Crippen LogP contribution in [0.4, 0.5) is 8.78 Å². The topological polar surface area (TPSA) is 51.5 Å². The van der Waals surface area contributed by atoms with Crippen molar-refractivity contribution >= 4 is 22.6 Å². The minimum absolute atomic E-state index is 0.128. The molecule has 2 atom stereocenters. The van der Waals surface area contributed by atoms with E-state index in [4.69, 9.17) is 19.5 Å². The van der Waals surface area contributed by atoms with Gasteiger partial charge in [-0.2, -0.15) is 5.26 Å². The van der Waals surface area contributed by atoms with Gasteiger partial charge in [0, 0.05) is 5.92 Å². The van der Waals surface area contributed by atoms with Gasteiger partial charge in [0.15, 0.2) is 6.29 Å². The maximum absolute atomic E-state index is 13.7. The zero-order chi connectivity index (χ0) is 16.4. The molecule has 2 unspecified atom stereocenters. The molecule has 0 aliphatic carbocycles. The minimum Gasteiger partial charge on any atom is -0.373 e. The highest BCUT2D eigenvalue weighted by atomic mass is 127. The summed E-state index contributed by atoms with van der Waals surface area (Å²) in [4.78, 5) is 0. The van der Waals surface area contributed by atoms with Crippen molar-refractivity contribution in [3.63, 3.8) is 0 Å². The Labute approximate surface area is 146 Å². The largest absolute Gasteiger partial charge is 0.373 e. The molecule has 23 heavy (non-hydrogen) atoms. The first-order valence-corrected chi connectivity index (χ1v) is 8.71. The Morgan fingerprint density at radius 3 is 2.22 bits per heavy atom. The maximum atomic E-state index is 13.7. The lowest BCUT2D eigenvalue weighted by Crippen LogP contribution is -2.40. The third-order valence-corrected chi connectivity index (χ3v) is 4.85. The molecule has 2 aliphatic heterocycles. The van der Waals surface area contributed by atoms with Crippen LogP contribution in [0.5, 0.6) is 0 Å². The number of rotatable bonds is 2. The summed E-state index contributed by atoms with van der Waals surface area (Å²) < 4.78 is 44.9. The van der Waals surface area contributed by atoms with Gasteiger partial charge in [0.25, 0.3) is 0 Å². The van der Waals surface area contributed by atoms with Crippen LogP contribution >= 0.6 is 22.6 Å². The van der Waals surface area contributed by atoms with Gasteiger partial charge >= 0.3 is 0 Å². The third kappa shape index (κ3) is 3.82. The van der Waals surface area contributed by atoms with Gasteiger partial charge in [-0.05, 0) is 30.5 Å². The van der Waals surface area contributed by atoms with Gasteiger partial charge in [-0.25, -0.2) is 8.78 Å². The van der Waals surface area contributed by atoms with Crippen LogP contribution in [0.25, 0.3) is 0 Å². The fourth-order valence-electron chi connectivity index (χ4n) is 2.90. The van der Waals surface area contributed by atoms with Gasteiger partial charge in [-0.15, -0.1) is 0 Å². The number of halogens is 3. The monoisotopic (exact) mass is 435 g/mol. The summed E-state index contributed by atoms with van der Waals surface area (Å²) in [6.07, 6.45) is 0.789. The van der Waals surface area contributed by atoms with Crippen LogP contribution in [0.15, 0.2) is 12.1 Å². The number of ether oxygens (including phenoxy) is 3. The first-order valence-electron chi connectivity index (χ1n) is 7.46. The van der Waals surface area contributed by atoms with E-state index in [2.05, 4.69) is 22.6 Å². The summed E-state index contributed by atoms with van der Waals surface area (Å²) in [5.74, 6) is -1.57. The molecule has 0 radical (unpaired) electrons. The van der Waals surface area contributed by atoms with E-state index in [1.165, 1.54) is 18.2 Å². The number of nitriles is 1. The molecular weight excluding hydrogens is 419 g/mol. The molecule has 2 aliphatic rings. The summed E-state index contributed by atoms with van der Waals surface area (Å²) in [6, 6.07) is 3.89. The predicted molar refractivity (Wildman–Crippen MR) is 86.0 cm³/mol. The molecule has 2 heterocycles. The molecule has 4 nitrogen and oxygen atoms in total. The van der Waals surface area contributed by atoms with Crippen molar-refractivity contribution in [1.82, 2.24) is 0 Å². The van der Waals surface area contributed by atoms with Crippen molar-refractivity contribution in [1.29, 1.82) is 5.26 Å². The van der Waals surface area contributed by atoms with E-state index in [1.54, 1.807) is 0 Å². The van der Waals surface area contributed by atoms with E-state index in [9.17, 15) is 8.78 Å². The summed E-state index contributed by atoms with van der Waals surface area (Å²) in [5.41, 5.74) is -0.130. The van der Waals surface area contributed by atoms with Crippen LogP contribution in [-0.4, -0.2) is 30.0 Å². The summed E-state index contributed by atoms with van der Waals surface area (Å²) in [6.45, 7) is 1.75. The standard InChI is InChI=1S/C16H16F2INO3/c17-13-3-10(4-14(18)12(13)5-20)15-2-1-9(6-21-15)16-22-7-11(19)8-23-16/h3-4,9,11,15-16H,1-2,6-8H2. The smallest absolute Gasteiger partial charge is 0.162 e. The molecule has 2 fully saturated rings. The molecule has 1 aromatic rings. The quantitative estimate of drug-likeness (QED) is 0.528. The molecule has 0 bridgehead atoms. The molecular formula is C16H16F2INO3. The fraction of sp³-hybridized carbons (Fsp3) is 0.562. The van der Waals surface area contributed by atoms with Gasteiger partial charge < -0.3 is 14.2 Å². The number of hydrogen-bond donors (Lipinski definition) is 0. The van der Waals surface area contributed by atoms with Crippen LogP contribution in [0.2, 0.25) is 0 Å². The van der Waals surface area contributed by atoms with Gasteiger partial charge in [0.05, 0.1) is 29.8 Å². The molecule has 0 N–H and O–H groups in total. The van der Waals surface area contributed by atoms with Crippen molar-refractivity contribution in [2.75, 3.05) is 19.8 Å². The van der Waals surface area contributed by atoms with Crippen molar-refractivity contribution in [3.05, 3.63) is 34.9 Å². The Morgan fingerprint density at radius 2 is 1.70 bits per heavy atom. The molecule has 124 valence electrons. The molecule has 2 saturated heterocycles. The van der Waals surface area contributed by atoms with Crippen molar-refractivity contribution in [2.45, 2.75) is 29.2 Å². The Bertz CT molecular complexity index is 583. The van der Waals surface area contributed by atoms with Crippen LogP contribution < -0.4 is 0 Å². The fourth-order valence-corrected chi connectivity index (χ4v) is 3.32. The van der Waals surface area contributed by atoms with Gasteiger partial charge in [-0.3, -0.25) is 0 Å². The van der Waals surface area contributed by atoms with Gasteiger partial charge in [0.1, 0.15) is 23.3 Å². The lowest BCUT2D eigenvalue weighted by atomic mass is 9.93. The molecule has 7 heteroatoms. The maximum Gasteiger partial charge on any atom is 0.162 e. The summed E-state index contributed by atoms with van der Waals surface area (Å²) in [7, 11) is 0. The normalized spacial score (nSPS) is 31.6. The number of nitrogens with zero attached hydrogens (tertiary/aromatic N) is 1. The Hall–Kier alpha value is -0.820. The number of benzene rings is 1. The molecule has 3 rings (SSSR count). The van der Waals surface area contributed by atoms with Crippen LogP contribution in [-0.2, 0) is 14.2 Å². The van der Waals surface area contributed by atoms with Crippen LogP contribution in [0.3, 0.4) is 0 Å². The van der Waals surface area contributed by atoms with E-state index >= 15 is 0 Å². The second-order valence-electron chi connectivity index (χ2n) is 5.76. The Balaban J connectivity index is 1.62. The highest BCUT2D eigenvalue weighted by Crippen LogP contribution is 2.35. The highest BCUT2D eigenvalue weighted by molar-refractivity contribution is 14.1. The van der Waals surface area contributed by atoms with E-state index < -0.39 is 17.2 Å². The Morgan fingerprint density at radius 1 is 1.04 bits per heavy atom. The second kappa shape index (κ2) is 7.38. The minimum atomic E-state index is -0.847. The Kier molecular flexibility index (Phi) is 5.46. The molecule has 0 saturated carbocycles. The van der Waals surface area contributed by atoms with E-state index in [0.717, 1.165) is 6.42 Å². The average molecular weight is 435 g/mol. The second-order valence-corrected chi connectivity index (χ2v) is 7.52. The van der Waals surface area contributed by atoms with E-state index in [0.29, 0.717) is 35.7 Å². The van der Waals surface area contributed by atoms with Gasteiger partial charge in [-0.1, -0.05) is 22.6 Å². The van der Waals surface area contributed by atoms with Gasteiger partial charge in [0.2, 0.25) is 0 Å². The SMILES string of the molecule is N#Cc1c(F)cc(C2CCC(C3OCC(I)CO3)CO2)cc1F. The summed E-state index contributed by atoms with van der Waals surface area (Å²) >= 11 is 2.29. The summed E-state index contributed by atoms with van der Waals surface area (Å²) in [5, 5.41) is 8.71. The van der Waals surface area contributed by atoms with Crippen molar-refractivity contribution in [2.24, 2.45) is 5.92 Å². The number of alkyl halides is 1. The average Bonchev–Trinajstić information content (AvgIpc) is 2.55. The van der Waals surface area contributed by atoms with Crippen LogP contribution in [0, 0.1) is 28.9 Å². The molecule has 1 aromatic carbocycles. The number of hydrogen-bond acceptors (Lipinski definition) is 4. The lowest BCUT2D eigenvalue weighted by Gasteiger charge is -2.36. The molecule has 0 spiro atoms. The zero-order valence-electron chi connectivity index (χ0n) is 12.3.